The fraction of sp³-hybridized carbons (Fsp3) is 0.923. The molecule has 0 spiro atoms. The highest BCUT2D eigenvalue weighted by Gasteiger charge is 2.27. The van der Waals surface area contributed by atoms with Crippen LogP contribution in [0.1, 0.15) is 25.7 Å². The monoisotopic (exact) mass is 240 g/mol. The summed E-state index contributed by atoms with van der Waals surface area (Å²) < 4.78 is 0. The van der Waals surface area contributed by atoms with Crippen LogP contribution in [0.5, 0.6) is 0 Å². The van der Waals surface area contributed by atoms with E-state index in [-0.39, 0.29) is 0 Å². The first-order chi connectivity index (χ1) is 7.93. The van der Waals surface area contributed by atoms with Crippen molar-refractivity contribution in [2.75, 3.05) is 42.3 Å². The number of hydrogen-bond acceptors (Lipinski definition) is 2. The van der Waals surface area contributed by atoms with Gasteiger partial charge in [0.15, 0.2) is 5.96 Å². The molecule has 0 aromatic heterocycles. The topological polar surface area (TPSA) is 22.1 Å². The third-order valence-electron chi connectivity index (χ3n) is 3.44. The van der Waals surface area contributed by atoms with E-state index in [1.54, 1.807) is 0 Å². The number of likely N-dealkylation sites (N-methyl/N-ethyl adjacent to an activating group) is 1. The second-order valence-corrected chi connectivity index (χ2v) is 5.60. The zero-order valence-corrected chi connectivity index (χ0v) is 12.3. The van der Waals surface area contributed by atoms with Gasteiger partial charge in [0.25, 0.3) is 0 Å². The summed E-state index contributed by atoms with van der Waals surface area (Å²) in [6.07, 6.45) is 5.14. The average molecular weight is 240 g/mol. The molecular formula is C13H28N4. The van der Waals surface area contributed by atoms with Gasteiger partial charge in [0.1, 0.15) is 0 Å². The first-order valence-electron chi connectivity index (χ1n) is 6.52. The van der Waals surface area contributed by atoms with Gasteiger partial charge in [0.2, 0.25) is 0 Å². The van der Waals surface area contributed by atoms with Gasteiger partial charge < -0.3 is 14.7 Å². The molecule has 0 amide bonds. The molecule has 0 heterocycles. The molecule has 4 heteroatoms. The van der Waals surface area contributed by atoms with Crippen LogP contribution < -0.4 is 0 Å². The summed E-state index contributed by atoms with van der Waals surface area (Å²) >= 11 is 0. The Hall–Kier alpha value is -0.770. The summed E-state index contributed by atoms with van der Waals surface area (Å²) in [6.45, 7) is 0. The van der Waals surface area contributed by atoms with Gasteiger partial charge in [-0.05, 0) is 26.9 Å². The lowest BCUT2D eigenvalue weighted by atomic mass is 9.90. The van der Waals surface area contributed by atoms with E-state index < -0.39 is 0 Å². The summed E-state index contributed by atoms with van der Waals surface area (Å²) in [6, 6.07) is 1.04. The van der Waals surface area contributed by atoms with E-state index in [1.807, 2.05) is 0 Å². The summed E-state index contributed by atoms with van der Waals surface area (Å²) in [5.41, 5.74) is 0. The van der Waals surface area contributed by atoms with Crippen LogP contribution in [0.2, 0.25) is 0 Å². The summed E-state index contributed by atoms with van der Waals surface area (Å²) in [5.74, 6) is 1.07. The van der Waals surface area contributed by atoms with Crippen LogP contribution in [0, 0.1) is 0 Å². The van der Waals surface area contributed by atoms with Crippen LogP contribution in [0.25, 0.3) is 0 Å². The maximum atomic E-state index is 4.96. The van der Waals surface area contributed by atoms with Gasteiger partial charge in [-0.2, -0.15) is 0 Å². The highest BCUT2D eigenvalue weighted by atomic mass is 15.3. The van der Waals surface area contributed by atoms with Gasteiger partial charge in [-0.25, -0.2) is 4.99 Å². The zero-order chi connectivity index (χ0) is 13.0. The van der Waals surface area contributed by atoms with Crippen LogP contribution in [0.4, 0.5) is 0 Å². The van der Waals surface area contributed by atoms with Gasteiger partial charge in [-0.15, -0.1) is 0 Å². The molecule has 0 aromatic carbocycles. The number of rotatable bonds is 2. The Morgan fingerprint density at radius 3 is 1.88 bits per heavy atom. The highest BCUT2D eigenvalue weighted by molar-refractivity contribution is 5.79. The van der Waals surface area contributed by atoms with Crippen LogP contribution in [-0.2, 0) is 0 Å². The van der Waals surface area contributed by atoms with Gasteiger partial charge >= 0.3 is 0 Å². The van der Waals surface area contributed by atoms with Crippen LogP contribution in [-0.4, -0.2) is 75.0 Å². The molecule has 0 aromatic rings. The van der Waals surface area contributed by atoms with Crippen molar-refractivity contribution in [2.45, 2.75) is 37.8 Å². The number of aliphatic imine (C=N–C) groups is 1. The molecule has 0 radical (unpaired) electrons. The second-order valence-electron chi connectivity index (χ2n) is 5.60. The predicted octanol–water partition coefficient (Wildman–Crippen LogP) is 1.34. The maximum Gasteiger partial charge on any atom is 0.195 e. The SMILES string of the molecule is CN(C)C(=N[C@@H]1CCCC[C@H]1N(C)C)N(C)C. The lowest BCUT2D eigenvalue weighted by molar-refractivity contribution is 0.200. The molecule has 0 unspecified atom stereocenters. The molecule has 1 aliphatic carbocycles. The Labute approximate surface area is 106 Å². The van der Waals surface area contributed by atoms with E-state index in [0.717, 1.165) is 5.96 Å². The quantitative estimate of drug-likeness (QED) is 0.537. The smallest absolute Gasteiger partial charge is 0.195 e. The predicted molar refractivity (Wildman–Crippen MR) is 74.5 cm³/mol. The Morgan fingerprint density at radius 2 is 1.41 bits per heavy atom. The normalized spacial score (nSPS) is 24.6. The second kappa shape index (κ2) is 6.24. The molecule has 0 N–H and O–H groups in total. The van der Waals surface area contributed by atoms with Crippen molar-refractivity contribution in [3.8, 4) is 0 Å². The van der Waals surface area contributed by atoms with Crippen LogP contribution >= 0.6 is 0 Å². The lowest BCUT2D eigenvalue weighted by Crippen LogP contribution is -2.43. The van der Waals surface area contributed by atoms with Crippen molar-refractivity contribution >= 4 is 5.96 Å². The number of nitrogens with zero attached hydrogens (tertiary/aromatic N) is 4. The van der Waals surface area contributed by atoms with E-state index >= 15 is 0 Å². The third kappa shape index (κ3) is 3.87. The van der Waals surface area contributed by atoms with Crippen molar-refractivity contribution in [2.24, 2.45) is 4.99 Å². The van der Waals surface area contributed by atoms with Crippen molar-refractivity contribution in [3.05, 3.63) is 0 Å². The van der Waals surface area contributed by atoms with Crippen molar-refractivity contribution in [1.29, 1.82) is 0 Å². The molecule has 1 aliphatic rings. The van der Waals surface area contributed by atoms with Crippen molar-refractivity contribution in [1.82, 2.24) is 14.7 Å². The largest absolute Gasteiger partial charge is 0.349 e. The van der Waals surface area contributed by atoms with Crippen molar-refractivity contribution < 1.29 is 0 Å². The molecule has 2 atom stereocenters. The van der Waals surface area contributed by atoms with Crippen LogP contribution in [0.15, 0.2) is 4.99 Å². The molecule has 4 nitrogen and oxygen atoms in total. The molecule has 0 saturated heterocycles. The Kier molecular flexibility index (Phi) is 5.25. The average Bonchev–Trinajstić information content (AvgIpc) is 2.25. The minimum atomic E-state index is 0.443. The molecule has 17 heavy (non-hydrogen) atoms. The Morgan fingerprint density at radius 1 is 0.882 bits per heavy atom. The highest BCUT2D eigenvalue weighted by Crippen LogP contribution is 2.24. The van der Waals surface area contributed by atoms with Gasteiger partial charge in [-0.1, -0.05) is 12.8 Å². The number of hydrogen-bond donors (Lipinski definition) is 0. The summed E-state index contributed by atoms with van der Waals surface area (Å²) in [5, 5.41) is 0. The van der Waals surface area contributed by atoms with E-state index in [9.17, 15) is 0 Å². The van der Waals surface area contributed by atoms with Gasteiger partial charge in [-0.3, -0.25) is 0 Å². The fourth-order valence-corrected chi connectivity index (χ4v) is 2.62. The molecule has 0 bridgehead atoms. The summed E-state index contributed by atoms with van der Waals surface area (Å²) in [7, 11) is 12.6. The lowest BCUT2D eigenvalue weighted by Gasteiger charge is -2.35. The molecule has 1 saturated carbocycles. The molecule has 0 aliphatic heterocycles. The first-order valence-corrected chi connectivity index (χ1v) is 6.52. The minimum Gasteiger partial charge on any atom is -0.349 e. The minimum absolute atomic E-state index is 0.443. The van der Waals surface area contributed by atoms with E-state index in [2.05, 4.69) is 57.0 Å². The first kappa shape index (κ1) is 14.3. The van der Waals surface area contributed by atoms with Gasteiger partial charge in [0.05, 0.1) is 6.04 Å². The Bertz CT molecular complexity index is 248. The molecule has 1 fully saturated rings. The van der Waals surface area contributed by atoms with E-state index in [4.69, 9.17) is 4.99 Å². The summed E-state index contributed by atoms with van der Waals surface area (Å²) in [4.78, 5) is 11.5. The third-order valence-corrected chi connectivity index (χ3v) is 3.44. The van der Waals surface area contributed by atoms with E-state index in [0.29, 0.717) is 12.1 Å². The standard InChI is InChI=1S/C13H28N4/c1-15(2)12-10-8-7-9-11(12)14-13(16(3)4)17(5)6/h11-12H,7-10H2,1-6H3/t11-,12-/m1/s1. The number of guanidine groups is 1. The Balaban J connectivity index is 2.83. The fourth-order valence-electron chi connectivity index (χ4n) is 2.62. The molecule has 100 valence electrons. The molecular weight excluding hydrogens is 212 g/mol. The zero-order valence-electron chi connectivity index (χ0n) is 12.3. The molecule has 1 rings (SSSR count). The van der Waals surface area contributed by atoms with Gasteiger partial charge in [0, 0.05) is 34.2 Å². The maximum absolute atomic E-state index is 4.96. The van der Waals surface area contributed by atoms with E-state index in [1.165, 1.54) is 25.7 Å². The van der Waals surface area contributed by atoms with Crippen LogP contribution in [0.3, 0.4) is 0 Å². The van der Waals surface area contributed by atoms with Crippen molar-refractivity contribution in [3.63, 3.8) is 0 Å².